The first-order valence-corrected chi connectivity index (χ1v) is 8.57. The SMILES string of the molecule is O=C(/C=C/c1ccc(Cl)cc1Cl)N(O)CCCCCCC1CO1. The Balaban J connectivity index is 1.65. The molecule has 0 saturated carbocycles. The smallest absolute Gasteiger partial charge is 0.269 e. The third-order valence-corrected chi connectivity index (χ3v) is 4.23. The van der Waals surface area contributed by atoms with E-state index < -0.39 is 5.91 Å². The third-order valence-electron chi connectivity index (χ3n) is 3.67. The number of benzene rings is 1. The average molecular weight is 358 g/mol. The van der Waals surface area contributed by atoms with Crippen LogP contribution in [0.1, 0.15) is 37.7 Å². The van der Waals surface area contributed by atoms with E-state index >= 15 is 0 Å². The average Bonchev–Trinajstić information content (AvgIpc) is 3.33. The molecule has 0 aliphatic carbocycles. The first-order valence-electron chi connectivity index (χ1n) is 7.81. The molecule has 0 aromatic heterocycles. The number of halogens is 2. The topological polar surface area (TPSA) is 53.1 Å². The molecule has 23 heavy (non-hydrogen) atoms. The second-order valence-corrected chi connectivity index (χ2v) is 6.46. The van der Waals surface area contributed by atoms with Gasteiger partial charge in [-0.1, -0.05) is 48.5 Å². The van der Waals surface area contributed by atoms with Crippen molar-refractivity contribution in [3.8, 4) is 0 Å². The van der Waals surface area contributed by atoms with E-state index in [1.54, 1.807) is 24.3 Å². The van der Waals surface area contributed by atoms with Crippen molar-refractivity contribution in [3.63, 3.8) is 0 Å². The molecular formula is C17H21Cl2NO3. The van der Waals surface area contributed by atoms with Crippen LogP contribution in [0.3, 0.4) is 0 Å². The highest BCUT2D eigenvalue weighted by Gasteiger charge is 2.20. The summed E-state index contributed by atoms with van der Waals surface area (Å²) in [6, 6.07) is 5.03. The van der Waals surface area contributed by atoms with Crippen molar-refractivity contribution in [1.29, 1.82) is 0 Å². The van der Waals surface area contributed by atoms with E-state index in [2.05, 4.69) is 0 Å². The minimum atomic E-state index is -0.456. The largest absolute Gasteiger partial charge is 0.373 e. The first kappa shape index (κ1) is 18.3. The van der Waals surface area contributed by atoms with Crippen LogP contribution in [0.4, 0.5) is 0 Å². The van der Waals surface area contributed by atoms with E-state index in [4.69, 9.17) is 27.9 Å². The second kappa shape index (κ2) is 9.28. The molecule has 1 atom stereocenters. The first-order chi connectivity index (χ1) is 11.1. The van der Waals surface area contributed by atoms with Crippen LogP contribution in [-0.4, -0.2) is 35.4 Å². The molecule has 1 aliphatic rings. The van der Waals surface area contributed by atoms with Gasteiger partial charge in [0.05, 0.1) is 12.7 Å². The van der Waals surface area contributed by atoms with E-state index in [0.29, 0.717) is 28.3 Å². The Labute approximate surface area is 146 Å². The van der Waals surface area contributed by atoms with Crippen molar-refractivity contribution >= 4 is 35.2 Å². The third kappa shape index (κ3) is 6.92. The van der Waals surface area contributed by atoms with Crippen molar-refractivity contribution in [3.05, 3.63) is 39.9 Å². The lowest BCUT2D eigenvalue weighted by Crippen LogP contribution is -2.26. The molecule has 0 radical (unpaired) electrons. The molecule has 0 spiro atoms. The maximum atomic E-state index is 11.8. The van der Waals surface area contributed by atoms with Crippen LogP contribution in [0.25, 0.3) is 6.08 Å². The predicted molar refractivity (Wildman–Crippen MR) is 91.8 cm³/mol. The molecule has 1 aromatic carbocycles. The summed E-state index contributed by atoms with van der Waals surface area (Å²) in [7, 11) is 0. The molecule has 1 unspecified atom stereocenters. The number of unbranched alkanes of at least 4 members (excludes halogenated alkanes) is 3. The number of nitrogens with zero attached hydrogens (tertiary/aromatic N) is 1. The normalized spacial score (nSPS) is 16.7. The quantitative estimate of drug-likeness (QED) is 0.231. The van der Waals surface area contributed by atoms with Gasteiger partial charge in [0.15, 0.2) is 0 Å². The summed E-state index contributed by atoms with van der Waals surface area (Å²) in [5.74, 6) is -0.456. The van der Waals surface area contributed by atoms with Gasteiger partial charge in [0, 0.05) is 22.7 Å². The van der Waals surface area contributed by atoms with Gasteiger partial charge in [-0.15, -0.1) is 0 Å². The standard InChI is InChI=1S/C17H21Cl2NO3/c18-14-8-6-13(16(19)11-14)7-9-17(21)20(22)10-4-2-1-3-5-15-12-23-15/h6-9,11,15,22H,1-5,10,12H2/b9-7+. The summed E-state index contributed by atoms with van der Waals surface area (Å²) in [6.07, 6.45) is 8.48. The molecule has 0 bridgehead atoms. The lowest BCUT2D eigenvalue weighted by molar-refractivity contribution is -0.159. The van der Waals surface area contributed by atoms with Crippen LogP contribution in [0.2, 0.25) is 10.0 Å². The van der Waals surface area contributed by atoms with E-state index in [0.717, 1.165) is 43.8 Å². The molecule has 1 aromatic rings. The van der Waals surface area contributed by atoms with Gasteiger partial charge >= 0.3 is 0 Å². The number of ether oxygens (including phenoxy) is 1. The zero-order valence-electron chi connectivity index (χ0n) is 12.9. The maximum absolute atomic E-state index is 11.8. The fourth-order valence-electron chi connectivity index (χ4n) is 2.22. The van der Waals surface area contributed by atoms with Gasteiger partial charge in [0.25, 0.3) is 5.91 Å². The van der Waals surface area contributed by atoms with Gasteiger partial charge in [-0.2, -0.15) is 0 Å². The number of rotatable bonds is 9. The molecule has 1 saturated heterocycles. The highest BCUT2D eigenvalue weighted by Crippen LogP contribution is 2.22. The highest BCUT2D eigenvalue weighted by molar-refractivity contribution is 6.35. The second-order valence-electron chi connectivity index (χ2n) is 5.62. The van der Waals surface area contributed by atoms with E-state index in [1.807, 2.05) is 0 Å². The molecule has 1 N–H and O–H groups in total. The van der Waals surface area contributed by atoms with Crippen molar-refractivity contribution in [1.82, 2.24) is 5.06 Å². The summed E-state index contributed by atoms with van der Waals surface area (Å²) < 4.78 is 5.15. The predicted octanol–water partition coefficient (Wildman–Crippen LogP) is 4.57. The van der Waals surface area contributed by atoms with Crippen LogP contribution >= 0.6 is 23.2 Å². The van der Waals surface area contributed by atoms with Crippen molar-refractivity contribution in [2.45, 2.75) is 38.2 Å². The maximum Gasteiger partial charge on any atom is 0.269 e. The summed E-state index contributed by atoms with van der Waals surface area (Å²) in [4.78, 5) is 11.8. The van der Waals surface area contributed by atoms with Crippen LogP contribution in [0.15, 0.2) is 24.3 Å². The van der Waals surface area contributed by atoms with Crippen LogP contribution in [0, 0.1) is 0 Å². The number of hydrogen-bond acceptors (Lipinski definition) is 3. The Morgan fingerprint density at radius 2 is 2.04 bits per heavy atom. The zero-order chi connectivity index (χ0) is 16.7. The molecular weight excluding hydrogens is 337 g/mol. The zero-order valence-corrected chi connectivity index (χ0v) is 14.4. The van der Waals surface area contributed by atoms with Gasteiger partial charge in [-0.25, -0.2) is 5.06 Å². The fraction of sp³-hybridized carbons (Fsp3) is 0.471. The summed E-state index contributed by atoms with van der Waals surface area (Å²) >= 11 is 11.8. The highest BCUT2D eigenvalue weighted by atomic mass is 35.5. The van der Waals surface area contributed by atoms with Gasteiger partial charge in [0.2, 0.25) is 0 Å². The van der Waals surface area contributed by atoms with Crippen molar-refractivity contribution in [2.24, 2.45) is 0 Å². The van der Waals surface area contributed by atoms with Crippen molar-refractivity contribution < 1.29 is 14.7 Å². The number of epoxide rings is 1. The summed E-state index contributed by atoms with van der Waals surface area (Å²) in [5, 5.41) is 11.5. The van der Waals surface area contributed by atoms with Crippen molar-refractivity contribution in [2.75, 3.05) is 13.2 Å². The van der Waals surface area contributed by atoms with Gasteiger partial charge < -0.3 is 4.74 Å². The van der Waals surface area contributed by atoms with Gasteiger partial charge in [0.1, 0.15) is 0 Å². The Morgan fingerprint density at radius 1 is 1.30 bits per heavy atom. The minimum Gasteiger partial charge on any atom is -0.373 e. The number of carbonyl (C=O) groups is 1. The minimum absolute atomic E-state index is 0.331. The number of hydroxylamine groups is 2. The van der Waals surface area contributed by atoms with E-state index in [1.165, 1.54) is 6.08 Å². The fourth-order valence-corrected chi connectivity index (χ4v) is 2.69. The van der Waals surface area contributed by atoms with E-state index in [9.17, 15) is 10.0 Å². The molecule has 6 heteroatoms. The molecule has 4 nitrogen and oxygen atoms in total. The Hall–Kier alpha value is -1.07. The van der Waals surface area contributed by atoms with Crippen LogP contribution in [-0.2, 0) is 9.53 Å². The van der Waals surface area contributed by atoms with Gasteiger partial charge in [-0.3, -0.25) is 10.0 Å². The van der Waals surface area contributed by atoms with E-state index in [-0.39, 0.29) is 0 Å². The Morgan fingerprint density at radius 3 is 2.74 bits per heavy atom. The molecule has 1 heterocycles. The lowest BCUT2D eigenvalue weighted by Gasteiger charge is -2.12. The molecule has 2 rings (SSSR count). The van der Waals surface area contributed by atoms with Gasteiger partial charge in [-0.05, 0) is 36.6 Å². The van der Waals surface area contributed by atoms with Crippen LogP contribution < -0.4 is 0 Å². The molecule has 1 amide bonds. The monoisotopic (exact) mass is 357 g/mol. The molecule has 1 fully saturated rings. The number of hydrogen-bond donors (Lipinski definition) is 1. The molecule has 126 valence electrons. The van der Waals surface area contributed by atoms with Crippen LogP contribution in [0.5, 0.6) is 0 Å². The lowest BCUT2D eigenvalue weighted by atomic mass is 10.1. The summed E-state index contributed by atoms with van der Waals surface area (Å²) in [6.45, 7) is 1.24. The Bertz CT molecular complexity index is 559. The Kier molecular flexibility index (Phi) is 7.37. The number of amides is 1. The molecule has 1 aliphatic heterocycles. The summed E-state index contributed by atoms with van der Waals surface area (Å²) in [5.41, 5.74) is 0.681. The number of carbonyl (C=O) groups excluding carboxylic acids is 1.